The lowest BCUT2D eigenvalue weighted by Gasteiger charge is -2.34. The van der Waals surface area contributed by atoms with E-state index < -0.39 is 10.0 Å². The van der Waals surface area contributed by atoms with Crippen LogP contribution in [0.25, 0.3) is 0 Å². The zero-order valence-corrected chi connectivity index (χ0v) is 13.8. The molecule has 0 amide bonds. The summed E-state index contributed by atoms with van der Waals surface area (Å²) < 4.78 is 26.8. The molecule has 0 bridgehead atoms. The summed E-state index contributed by atoms with van der Waals surface area (Å²) in [6.07, 6.45) is 0. The second kappa shape index (κ2) is 6.54. The molecule has 0 aromatic heterocycles. The van der Waals surface area contributed by atoms with E-state index in [9.17, 15) is 8.42 Å². The first-order chi connectivity index (χ1) is 10.6. The molecule has 2 aliphatic heterocycles. The highest BCUT2D eigenvalue weighted by Crippen LogP contribution is 2.21. The predicted molar refractivity (Wildman–Crippen MR) is 87.8 cm³/mol. The molecule has 2 fully saturated rings. The summed E-state index contributed by atoms with van der Waals surface area (Å²) in [5.74, 6) is 0. The van der Waals surface area contributed by atoms with Gasteiger partial charge in [0, 0.05) is 58.0 Å². The molecule has 0 atom stereocenters. The van der Waals surface area contributed by atoms with Gasteiger partial charge in [0.2, 0.25) is 10.0 Å². The monoisotopic (exact) mass is 324 g/mol. The van der Waals surface area contributed by atoms with Crippen LogP contribution in [0.5, 0.6) is 0 Å². The number of rotatable bonds is 3. The number of likely N-dealkylation sites (N-methyl/N-ethyl adjacent to an activating group) is 1. The summed E-state index contributed by atoms with van der Waals surface area (Å²) >= 11 is 0. The van der Waals surface area contributed by atoms with Crippen molar-refractivity contribution in [1.82, 2.24) is 14.5 Å². The van der Waals surface area contributed by atoms with Gasteiger partial charge in [-0.15, -0.1) is 0 Å². The van der Waals surface area contributed by atoms with E-state index in [2.05, 4.69) is 22.2 Å². The van der Waals surface area contributed by atoms with Crippen LogP contribution in [0.15, 0.2) is 29.2 Å². The third kappa shape index (κ3) is 3.27. The quantitative estimate of drug-likeness (QED) is 0.850. The van der Waals surface area contributed by atoms with Crippen molar-refractivity contribution in [2.45, 2.75) is 4.90 Å². The lowest BCUT2D eigenvalue weighted by Crippen LogP contribution is -2.46. The predicted octanol–water partition coefficient (Wildman–Crippen LogP) is 0.0323. The fraction of sp³-hybridized carbons (Fsp3) is 0.600. The lowest BCUT2D eigenvalue weighted by atomic mass is 10.2. The zero-order valence-electron chi connectivity index (χ0n) is 13.0. The Morgan fingerprint density at radius 2 is 1.50 bits per heavy atom. The smallest absolute Gasteiger partial charge is 0.243 e. The maximum absolute atomic E-state index is 12.6. The zero-order chi connectivity index (χ0) is 15.6. The molecule has 122 valence electrons. The Morgan fingerprint density at radius 1 is 0.909 bits per heavy atom. The highest BCUT2D eigenvalue weighted by Gasteiger charge is 2.26. The molecule has 2 aliphatic rings. The summed E-state index contributed by atoms with van der Waals surface area (Å²) in [6.45, 7) is 6.59. The summed E-state index contributed by atoms with van der Waals surface area (Å²) in [5, 5.41) is 3.18. The van der Waals surface area contributed by atoms with Gasteiger partial charge in [0.25, 0.3) is 0 Å². The van der Waals surface area contributed by atoms with Crippen LogP contribution in [0.2, 0.25) is 0 Å². The topological polar surface area (TPSA) is 55.9 Å². The standard InChI is InChI=1S/C15H24N4O2S/c1-17-10-12-18(13-11-17)14-2-4-15(5-3-14)22(20,21)19-8-6-16-7-9-19/h2-5,16H,6-13H2,1H3. The average Bonchev–Trinajstić information content (AvgIpc) is 2.56. The minimum absolute atomic E-state index is 0.396. The average molecular weight is 324 g/mol. The fourth-order valence-electron chi connectivity index (χ4n) is 2.93. The van der Waals surface area contributed by atoms with Gasteiger partial charge in [0.1, 0.15) is 0 Å². The molecular formula is C15H24N4O2S. The first-order valence-electron chi connectivity index (χ1n) is 7.82. The molecule has 2 heterocycles. The molecule has 0 spiro atoms. The van der Waals surface area contributed by atoms with E-state index in [0.29, 0.717) is 18.0 Å². The van der Waals surface area contributed by atoms with E-state index in [0.717, 1.165) is 45.0 Å². The molecule has 2 saturated heterocycles. The summed E-state index contributed by atoms with van der Waals surface area (Å²) in [5.41, 5.74) is 1.10. The highest BCUT2D eigenvalue weighted by molar-refractivity contribution is 7.89. The largest absolute Gasteiger partial charge is 0.369 e. The van der Waals surface area contributed by atoms with Crippen LogP contribution in [0.3, 0.4) is 0 Å². The van der Waals surface area contributed by atoms with E-state index in [-0.39, 0.29) is 0 Å². The van der Waals surface area contributed by atoms with Gasteiger partial charge in [-0.2, -0.15) is 4.31 Å². The van der Waals surface area contributed by atoms with Crippen molar-refractivity contribution in [3.63, 3.8) is 0 Å². The molecule has 3 rings (SSSR count). The van der Waals surface area contributed by atoms with E-state index >= 15 is 0 Å². The number of sulfonamides is 1. The Kier molecular flexibility index (Phi) is 4.67. The van der Waals surface area contributed by atoms with Gasteiger partial charge in [-0.25, -0.2) is 8.42 Å². The maximum Gasteiger partial charge on any atom is 0.243 e. The minimum Gasteiger partial charge on any atom is -0.369 e. The Balaban J connectivity index is 1.73. The summed E-state index contributed by atoms with van der Waals surface area (Å²) in [4.78, 5) is 5.01. The van der Waals surface area contributed by atoms with E-state index in [4.69, 9.17) is 0 Å². The fourth-order valence-corrected chi connectivity index (χ4v) is 4.37. The van der Waals surface area contributed by atoms with Gasteiger partial charge in [0.15, 0.2) is 0 Å². The molecule has 1 aromatic carbocycles. The summed E-state index contributed by atoms with van der Waals surface area (Å²) in [7, 11) is -1.23. The van der Waals surface area contributed by atoms with Crippen molar-refractivity contribution in [1.29, 1.82) is 0 Å². The number of anilines is 1. The van der Waals surface area contributed by atoms with Crippen molar-refractivity contribution in [3.8, 4) is 0 Å². The highest BCUT2D eigenvalue weighted by atomic mass is 32.2. The first kappa shape index (κ1) is 15.7. The Morgan fingerprint density at radius 3 is 2.09 bits per heavy atom. The van der Waals surface area contributed by atoms with Gasteiger partial charge >= 0.3 is 0 Å². The molecular weight excluding hydrogens is 300 g/mol. The molecule has 22 heavy (non-hydrogen) atoms. The molecule has 1 aromatic rings. The second-order valence-corrected chi connectivity index (χ2v) is 7.88. The van der Waals surface area contributed by atoms with Crippen LogP contribution in [-0.4, -0.2) is 77.0 Å². The number of benzene rings is 1. The SMILES string of the molecule is CN1CCN(c2ccc(S(=O)(=O)N3CCNCC3)cc2)CC1. The normalized spacial score (nSPS) is 22.0. The molecule has 0 unspecified atom stereocenters. The van der Waals surface area contributed by atoms with Crippen LogP contribution in [0.4, 0.5) is 5.69 Å². The minimum atomic E-state index is -3.35. The molecule has 6 nitrogen and oxygen atoms in total. The van der Waals surface area contributed by atoms with Crippen LogP contribution >= 0.6 is 0 Å². The maximum atomic E-state index is 12.6. The Hall–Kier alpha value is -1.15. The van der Waals surface area contributed by atoms with E-state index in [1.165, 1.54) is 0 Å². The van der Waals surface area contributed by atoms with Crippen LogP contribution in [0.1, 0.15) is 0 Å². The van der Waals surface area contributed by atoms with Crippen LogP contribution in [-0.2, 0) is 10.0 Å². The molecule has 0 saturated carbocycles. The molecule has 0 radical (unpaired) electrons. The van der Waals surface area contributed by atoms with Gasteiger partial charge in [-0.05, 0) is 31.3 Å². The van der Waals surface area contributed by atoms with Crippen molar-refractivity contribution in [2.24, 2.45) is 0 Å². The number of hydrogen-bond donors (Lipinski definition) is 1. The number of nitrogens with one attached hydrogen (secondary N) is 1. The molecule has 7 heteroatoms. The van der Waals surface area contributed by atoms with Gasteiger partial charge in [-0.3, -0.25) is 0 Å². The molecule has 0 aliphatic carbocycles. The van der Waals surface area contributed by atoms with Crippen molar-refractivity contribution in [2.75, 3.05) is 64.3 Å². The second-order valence-electron chi connectivity index (χ2n) is 5.94. The van der Waals surface area contributed by atoms with Crippen molar-refractivity contribution in [3.05, 3.63) is 24.3 Å². The van der Waals surface area contributed by atoms with E-state index in [1.54, 1.807) is 16.4 Å². The Bertz CT molecular complexity index is 588. The van der Waals surface area contributed by atoms with Crippen LogP contribution in [0, 0.1) is 0 Å². The third-order valence-electron chi connectivity index (χ3n) is 4.42. The van der Waals surface area contributed by atoms with Gasteiger partial charge in [-0.1, -0.05) is 0 Å². The van der Waals surface area contributed by atoms with Gasteiger partial charge < -0.3 is 15.1 Å². The van der Waals surface area contributed by atoms with E-state index in [1.807, 2.05) is 12.1 Å². The van der Waals surface area contributed by atoms with Crippen molar-refractivity contribution < 1.29 is 8.42 Å². The van der Waals surface area contributed by atoms with Crippen molar-refractivity contribution >= 4 is 15.7 Å². The summed E-state index contributed by atoms with van der Waals surface area (Å²) in [6, 6.07) is 7.34. The third-order valence-corrected chi connectivity index (χ3v) is 6.33. The lowest BCUT2D eigenvalue weighted by molar-refractivity contribution is 0.313. The molecule has 1 N–H and O–H groups in total. The Labute approximate surface area is 132 Å². The van der Waals surface area contributed by atoms with Crippen LogP contribution < -0.4 is 10.2 Å². The number of hydrogen-bond acceptors (Lipinski definition) is 5. The first-order valence-corrected chi connectivity index (χ1v) is 9.26. The number of nitrogens with zero attached hydrogens (tertiary/aromatic N) is 3. The number of piperazine rings is 2. The van der Waals surface area contributed by atoms with Gasteiger partial charge in [0.05, 0.1) is 4.90 Å².